The van der Waals surface area contributed by atoms with E-state index >= 15 is 0 Å². The third kappa shape index (κ3) is 3.81. The van der Waals surface area contributed by atoms with Crippen molar-refractivity contribution in [1.82, 2.24) is 10.2 Å². The van der Waals surface area contributed by atoms with Gasteiger partial charge in [-0.3, -0.25) is 9.69 Å². The highest BCUT2D eigenvalue weighted by Gasteiger charge is 2.24. The fourth-order valence-electron chi connectivity index (χ4n) is 2.41. The van der Waals surface area contributed by atoms with Gasteiger partial charge in [0.1, 0.15) is 5.76 Å². The van der Waals surface area contributed by atoms with Crippen LogP contribution in [0.1, 0.15) is 32.1 Å². The summed E-state index contributed by atoms with van der Waals surface area (Å²) in [5.41, 5.74) is 6.03. The molecule has 3 unspecified atom stereocenters. The molecule has 1 amide bonds. The van der Waals surface area contributed by atoms with E-state index in [9.17, 15) is 4.79 Å². The Morgan fingerprint density at radius 2 is 2.47 bits per heavy atom. The first-order chi connectivity index (χ1) is 9.06. The van der Waals surface area contributed by atoms with Crippen LogP contribution in [0.2, 0.25) is 0 Å². The highest BCUT2D eigenvalue weighted by molar-refractivity contribution is 5.78. The molecular formula is C14H23N3O2. The van der Waals surface area contributed by atoms with Crippen LogP contribution in [0.15, 0.2) is 22.8 Å². The standard InChI is InChI=1S/C14H23N3O2/c1-10-5-6-17(8-12(10)15)9-14(18)16-11(2)13-4-3-7-19-13/h3-4,7,10-12H,5-6,8-9,15H2,1-2H3,(H,16,18). The van der Waals surface area contributed by atoms with Crippen LogP contribution < -0.4 is 11.1 Å². The molecule has 0 aliphatic carbocycles. The molecule has 19 heavy (non-hydrogen) atoms. The van der Waals surface area contributed by atoms with Crippen molar-refractivity contribution >= 4 is 5.91 Å². The van der Waals surface area contributed by atoms with Gasteiger partial charge in [-0.2, -0.15) is 0 Å². The topological polar surface area (TPSA) is 71.5 Å². The van der Waals surface area contributed by atoms with Crippen molar-refractivity contribution in [2.24, 2.45) is 11.7 Å². The van der Waals surface area contributed by atoms with E-state index < -0.39 is 0 Å². The maximum atomic E-state index is 12.0. The SMILES string of the molecule is CC(NC(=O)CN1CCC(C)C(N)C1)c1ccco1. The zero-order valence-electron chi connectivity index (χ0n) is 11.6. The molecule has 2 heterocycles. The summed E-state index contributed by atoms with van der Waals surface area (Å²) in [4.78, 5) is 14.1. The zero-order chi connectivity index (χ0) is 13.8. The number of nitrogens with two attached hydrogens (primary N) is 1. The summed E-state index contributed by atoms with van der Waals surface area (Å²) >= 11 is 0. The molecule has 2 rings (SSSR count). The Hall–Kier alpha value is -1.33. The van der Waals surface area contributed by atoms with E-state index in [4.69, 9.17) is 10.2 Å². The number of hydrogen-bond acceptors (Lipinski definition) is 4. The number of furan rings is 1. The summed E-state index contributed by atoms with van der Waals surface area (Å²) in [5, 5.41) is 2.94. The highest BCUT2D eigenvalue weighted by atomic mass is 16.3. The highest BCUT2D eigenvalue weighted by Crippen LogP contribution is 2.15. The second-order valence-electron chi connectivity index (χ2n) is 5.47. The maximum absolute atomic E-state index is 12.0. The Morgan fingerprint density at radius 3 is 3.11 bits per heavy atom. The lowest BCUT2D eigenvalue weighted by Gasteiger charge is -2.34. The van der Waals surface area contributed by atoms with Crippen molar-refractivity contribution in [1.29, 1.82) is 0 Å². The van der Waals surface area contributed by atoms with Gasteiger partial charge in [0.25, 0.3) is 0 Å². The van der Waals surface area contributed by atoms with Gasteiger partial charge in [-0.25, -0.2) is 0 Å². The van der Waals surface area contributed by atoms with Crippen LogP contribution in [0.5, 0.6) is 0 Å². The molecule has 3 N–H and O–H groups in total. The van der Waals surface area contributed by atoms with Crippen molar-refractivity contribution in [2.45, 2.75) is 32.4 Å². The van der Waals surface area contributed by atoms with E-state index in [1.165, 1.54) is 0 Å². The fourth-order valence-corrected chi connectivity index (χ4v) is 2.41. The molecule has 0 radical (unpaired) electrons. The second kappa shape index (κ2) is 6.21. The number of rotatable bonds is 4. The third-order valence-corrected chi connectivity index (χ3v) is 3.82. The van der Waals surface area contributed by atoms with Gasteiger partial charge in [-0.1, -0.05) is 6.92 Å². The number of piperidine rings is 1. The van der Waals surface area contributed by atoms with Gasteiger partial charge in [-0.05, 0) is 37.9 Å². The molecule has 0 bridgehead atoms. The first-order valence-electron chi connectivity index (χ1n) is 6.87. The molecular weight excluding hydrogens is 242 g/mol. The number of carbonyl (C=O) groups is 1. The van der Waals surface area contributed by atoms with Gasteiger partial charge in [0.2, 0.25) is 5.91 Å². The van der Waals surface area contributed by atoms with Crippen molar-refractivity contribution in [3.63, 3.8) is 0 Å². The lowest BCUT2D eigenvalue weighted by atomic mass is 9.94. The third-order valence-electron chi connectivity index (χ3n) is 3.82. The lowest BCUT2D eigenvalue weighted by Crippen LogP contribution is -2.50. The molecule has 3 atom stereocenters. The van der Waals surface area contributed by atoms with Crippen LogP contribution in [0.3, 0.4) is 0 Å². The Kier molecular flexibility index (Phi) is 4.61. The molecule has 1 aromatic heterocycles. The first-order valence-corrected chi connectivity index (χ1v) is 6.87. The van der Waals surface area contributed by atoms with Gasteiger partial charge in [0, 0.05) is 12.6 Å². The van der Waals surface area contributed by atoms with Gasteiger partial charge in [0.15, 0.2) is 0 Å². The number of nitrogens with one attached hydrogen (secondary N) is 1. The van der Waals surface area contributed by atoms with E-state index in [-0.39, 0.29) is 18.0 Å². The summed E-state index contributed by atoms with van der Waals surface area (Å²) in [6, 6.07) is 3.76. The van der Waals surface area contributed by atoms with Crippen LogP contribution in [-0.2, 0) is 4.79 Å². The quantitative estimate of drug-likeness (QED) is 0.856. The molecule has 1 aliphatic heterocycles. The number of likely N-dealkylation sites (tertiary alicyclic amines) is 1. The van der Waals surface area contributed by atoms with E-state index in [1.807, 2.05) is 19.1 Å². The molecule has 1 aliphatic rings. The number of carbonyl (C=O) groups excluding carboxylic acids is 1. The minimum atomic E-state index is -0.0973. The van der Waals surface area contributed by atoms with Crippen LogP contribution >= 0.6 is 0 Å². The van der Waals surface area contributed by atoms with Crippen LogP contribution in [0, 0.1) is 5.92 Å². The molecule has 106 valence electrons. The lowest BCUT2D eigenvalue weighted by molar-refractivity contribution is -0.123. The summed E-state index contributed by atoms with van der Waals surface area (Å²) in [7, 11) is 0. The second-order valence-corrected chi connectivity index (χ2v) is 5.47. The largest absolute Gasteiger partial charge is 0.467 e. The minimum Gasteiger partial charge on any atom is -0.467 e. The van der Waals surface area contributed by atoms with Crippen molar-refractivity contribution < 1.29 is 9.21 Å². The minimum absolute atomic E-state index is 0.0191. The number of hydrogen-bond donors (Lipinski definition) is 2. The average molecular weight is 265 g/mol. The van der Waals surface area contributed by atoms with Gasteiger partial charge in [0.05, 0.1) is 18.8 Å². The molecule has 5 heteroatoms. The molecule has 1 fully saturated rings. The van der Waals surface area contributed by atoms with Crippen LogP contribution in [0.4, 0.5) is 0 Å². The zero-order valence-corrected chi connectivity index (χ0v) is 11.6. The number of amides is 1. The molecule has 1 aromatic rings. The van der Waals surface area contributed by atoms with Crippen LogP contribution in [0.25, 0.3) is 0 Å². The summed E-state index contributed by atoms with van der Waals surface area (Å²) in [5.74, 6) is 1.34. The van der Waals surface area contributed by atoms with Crippen molar-refractivity contribution in [3.8, 4) is 0 Å². The van der Waals surface area contributed by atoms with Gasteiger partial charge in [-0.15, -0.1) is 0 Å². The van der Waals surface area contributed by atoms with Gasteiger partial charge < -0.3 is 15.5 Å². The summed E-state index contributed by atoms with van der Waals surface area (Å²) in [6.07, 6.45) is 2.67. The molecule has 5 nitrogen and oxygen atoms in total. The summed E-state index contributed by atoms with van der Waals surface area (Å²) in [6.45, 7) is 6.23. The van der Waals surface area contributed by atoms with Crippen molar-refractivity contribution in [2.75, 3.05) is 19.6 Å². The Morgan fingerprint density at radius 1 is 1.68 bits per heavy atom. The molecule has 0 aromatic carbocycles. The predicted molar refractivity (Wildman–Crippen MR) is 73.5 cm³/mol. The summed E-state index contributed by atoms with van der Waals surface area (Å²) < 4.78 is 5.27. The van der Waals surface area contributed by atoms with Crippen molar-refractivity contribution in [3.05, 3.63) is 24.2 Å². The van der Waals surface area contributed by atoms with E-state index in [2.05, 4.69) is 17.1 Å². The normalized spacial score (nSPS) is 26.1. The molecule has 0 saturated carbocycles. The Labute approximate surface area is 114 Å². The maximum Gasteiger partial charge on any atom is 0.234 e. The Balaban J connectivity index is 1.78. The number of nitrogens with zero attached hydrogens (tertiary/aromatic N) is 1. The fraction of sp³-hybridized carbons (Fsp3) is 0.643. The average Bonchev–Trinajstić information content (AvgIpc) is 2.87. The van der Waals surface area contributed by atoms with E-state index in [0.717, 1.165) is 25.3 Å². The predicted octanol–water partition coefficient (Wildman–Crippen LogP) is 1.13. The van der Waals surface area contributed by atoms with Crippen LogP contribution in [-0.4, -0.2) is 36.5 Å². The Bertz CT molecular complexity index is 405. The van der Waals surface area contributed by atoms with E-state index in [0.29, 0.717) is 12.5 Å². The van der Waals surface area contributed by atoms with Gasteiger partial charge >= 0.3 is 0 Å². The smallest absolute Gasteiger partial charge is 0.234 e. The monoisotopic (exact) mass is 265 g/mol. The molecule has 0 spiro atoms. The first kappa shape index (κ1) is 14.1. The van der Waals surface area contributed by atoms with E-state index in [1.54, 1.807) is 6.26 Å². The molecule has 1 saturated heterocycles.